The Bertz CT molecular complexity index is 1400. The highest BCUT2D eigenvalue weighted by Gasteiger charge is 2.37. The molecule has 3 heterocycles. The molecule has 6 rings (SSSR count). The van der Waals surface area contributed by atoms with Gasteiger partial charge in [-0.1, -0.05) is 18.2 Å². The molecule has 0 atom stereocenters. The monoisotopic (exact) mass is 482 g/mol. The standard InChI is InChI=1S/C29H27FN4O2/c30-24-7-9-25(10-8-24)34-13-12-22-18-23(6-11-27(22)34)29(36)33-19-26(20-33)31-14-16-32(17-15-31)28(35)21-4-2-1-3-5-21/h1-13,18,26H,14-17,19-20H2. The van der Waals surface area contributed by atoms with E-state index in [0.717, 1.165) is 35.2 Å². The van der Waals surface area contributed by atoms with E-state index in [1.54, 1.807) is 12.1 Å². The molecule has 182 valence electrons. The maximum Gasteiger partial charge on any atom is 0.253 e. The van der Waals surface area contributed by atoms with Gasteiger partial charge in [0.05, 0.1) is 5.52 Å². The van der Waals surface area contributed by atoms with Gasteiger partial charge >= 0.3 is 0 Å². The van der Waals surface area contributed by atoms with Crippen molar-refractivity contribution in [2.45, 2.75) is 6.04 Å². The van der Waals surface area contributed by atoms with Gasteiger partial charge in [0.25, 0.3) is 11.8 Å². The van der Waals surface area contributed by atoms with Crippen molar-refractivity contribution in [2.75, 3.05) is 39.3 Å². The second-order valence-corrected chi connectivity index (χ2v) is 9.49. The lowest BCUT2D eigenvalue weighted by Crippen LogP contribution is -2.64. The molecule has 2 amide bonds. The lowest BCUT2D eigenvalue weighted by Gasteiger charge is -2.48. The van der Waals surface area contributed by atoms with Crippen molar-refractivity contribution in [1.29, 1.82) is 0 Å². The third-order valence-corrected chi connectivity index (χ3v) is 7.33. The van der Waals surface area contributed by atoms with Gasteiger partial charge in [0, 0.05) is 73.7 Å². The predicted molar refractivity (Wildman–Crippen MR) is 137 cm³/mol. The van der Waals surface area contributed by atoms with E-state index in [9.17, 15) is 14.0 Å². The molecule has 2 saturated heterocycles. The van der Waals surface area contributed by atoms with Gasteiger partial charge in [-0.05, 0) is 60.7 Å². The van der Waals surface area contributed by atoms with Gasteiger partial charge in [0.1, 0.15) is 5.82 Å². The van der Waals surface area contributed by atoms with Crippen LogP contribution in [0.3, 0.4) is 0 Å². The van der Waals surface area contributed by atoms with Gasteiger partial charge in [-0.2, -0.15) is 0 Å². The Morgan fingerprint density at radius 3 is 2.14 bits per heavy atom. The van der Waals surface area contributed by atoms with Crippen LogP contribution in [0.5, 0.6) is 0 Å². The van der Waals surface area contributed by atoms with E-state index < -0.39 is 0 Å². The van der Waals surface area contributed by atoms with Crippen molar-refractivity contribution in [3.05, 3.63) is 102 Å². The fourth-order valence-corrected chi connectivity index (χ4v) is 5.19. The van der Waals surface area contributed by atoms with Gasteiger partial charge in [-0.15, -0.1) is 0 Å². The highest BCUT2D eigenvalue weighted by Crippen LogP contribution is 2.25. The second-order valence-electron chi connectivity index (χ2n) is 9.49. The van der Waals surface area contributed by atoms with Crippen LogP contribution in [-0.2, 0) is 0 Å². The van der Waals surface area contributed by atoms with Crippen LogP contribution in [-0.4, -0.2) is 76.4 Å². The first kappa shape index (κ1) is 22.5. The quantitative estimate of drug-likeness (QED) is 0.441. The van der Waals surface area contributed by atoms with Crippen molar-refractivity contribution < 1.29 is 14.0 Å². The first-order chi connectivity index (χ1) is 17.6. The van der Waals surface area contributed by atoms with Crippen LogP contribution in [0.25, 0.3) is 16.6 Å². The number of hydrogen-bond donors (Lipinski definition) is 0. The number of carbonyl (C=O) groups excluding carboxylic acids is 2. The minimum atomic E-state index is -0.265. The van der Waals surface area contributed by atoms with Crippen LogP contribution >= 0.6 is 0 Å². The molecular formula is C29H27FN4O2. The normalized spacial score (nSPS) is 16.8. The molecule has 0 aliphatic carbocycles. The SMILES string of the molecule is O=C(c1ccccc1)N1CCN(C2CN(C(=O)c3ccc4c(ccn4-c4ccc(F)cc4)c3)C2)CC1. The zero-order valence-corrected chi connectivity index (χ0v) is 19.9. The molecule has 36 heavy (non-hydrogen) atoms. The Hall–Kier alpha value is -3.97. The van der Waals surface area contributed by atoms with E-state index in [2.05, 4.69) is 4.90 Å². The molecule has 0 unspecified atom stereocenters. The van der Waals surface area contributed by atoms with E-state index >= 15 is 0 Å². The Labute approximate surface area is 209 Å². The summed E-state index contributed by atoms with van der Waals surface area (Å²) in [5.41, 5.74) is 3.26. The molecule has 3 aromatic carbocycles. The number of piperazine rings is 1. The van der Waals surface area contributed by atoms with Crippen LogP contribution in [0, 0.1) is 5.82 Å². The predicted octanol–water partition coefficient (Wildman–Crippen LogP) is 4.05. The summed E-state index contributed by atoms with van der Waals surface area (Å²) in [6.45, 7) is 4.49. The van der Waals surface area contributed by atoms with Crippen molar-refractivity contribution in [3.63, 3.8) is 0 Å². The second kappa shape index (κ2) is 9.24. The summed E-state index contributed by atoms with van der Waals surface area (Å²) in [5.74, 6) is -0.136. The minimum absolute atomic E-state index is 0.0422. The number of rotatable bonds is 4. The first-order valence-corrected chi connectivity index (χ1v) is 12.3. The van der Waals surface area contributed by atoms with Crippen LogP contribution < -0.4 is 0 Å². The summed E-state index contributed by atoms with van der Waals surface area (Å²) in [6, 6.07) is 23.9. The largest absolute Gasteiger partial charge is 0.336 e. The van der Waals surface area contributed by atoms with Crippen molar-refractivity contribution in [2.24, 2.45) is 0 Å². The van der Waals surface area contributed by atoms with Crippen LogP contribution in [0.1, 0.15) is 20.7 Å². The summed E-state index contributed by atoms with van der Waals surface area (Å²) in [7, 11) is 0. The van der Waals surface area contributed by atoms with Crippen molar-refractivity contribution in [3.8, 4) is 5.69 Å². The fraction of sp³-hybridized carbons (Fsp3) is 0.241. The molecule has 7 heteroatoms. The average Bonchev–Trinajstić information content (AvgIpc) is 3.32. The number of halogens is 1. The number of amides is 2. The van der Waals surface area contributed by atoms with Crippen LogP contribution in [0.15, 0.2) is 85.1 Å². The van der Waals surface area contributed by atoms with E-state index in [1.807, 2.05) is 75.2 Å². The molecule has 0 radical (unpaired) electrons. The number of fused-ring (bicyclic) bond motifs is 1. The fourth-order valence-electron chi connectivity index (χ4n) is 5.19. The average molecular weight is 483 g/mol. The van der Waals surface area contributed by atoms with E-state index in [-0.39, 0.29) is 17.6 Å². The summed E-state index contributed by atoms with van der Waals surface area (Å²) in [6.07, 6.45) is 1.94. The lowest BCUT2D eigenvalue weighted by molar-refractivity contribution is 0.00854. The van der Waals surface area contributed by atoms with Gasteiger partial charge < -0.3 is 14.4 Å². The number of aromatic nitrogens is 1. The van der Waals surface area contributed by atoms with E-state index in [4.69, 9.17) is 0 Å². The Morgan fingerprint density at radius 1 is 0.722 bits per heavy atom. The van der Waals surface area contributed by atoms with Gasteiger partial charge in [0.15, 0.2) is 0 Å². The number of hydrogen-bond acceptors (Lipinski definition) is 3. The van der Waals surface area contributed by atoms with Gasteiger partial charge in [-0.3, -0.25) is 14.5 Å². The van der Waals surface area contributed by atoms with Crippen molar-refractivity contribution in [1.82, 2.24) is 19.3 Å². The number of benzene rings is 3. The smallest absolute Gasteiger partial charge is 0.253 e. The van der Waals surface area contributed by atoms with Gasteiger partial charge in [-0.25, -0.2) is 4.39 Å². The Balaban J connectivity index is 1.05. The van der Waals surface area contributed by atoms with Crippen LogP contribution in [0.4, 0.5) is 4.39 Å². The summed E-state index contributed by atoms with van der Waals surface area (Å²) in [5, 5.41) is 0.974. The molecule has 6 nitrogen and oxygen atoms in total. The number of nitrogens with zero attached hydrogens (tertiary/aromatic N) is 4. The molecule has 0 spiro atoms. The van der Waals surface area contributed by atoms with Gasteiger partial charge in [0.2, 0.25) is 0 Å². The third kappa shape index (κ3) is 4.16. The van der Waals surface area contributed by atoms with Crippen molar-refractivity contribution >= 4 is 22.7 Å². The highest BCUT2D eigenvalue weighted by atomic mass is 19.1. The molecule has 1 aromatic heterocycles. The molecule has 0 N–H and O–H groups in total. The molecular weight excluding hydrogens is 455 g/mol. The summed E-state index contributed by atoms with van der Waals surface area (Å²) in [4.78, 5) is 32.0. The molecule has 4 aromatic rings. The van der Waals surface area contributed by atoms with Crippen LogP contribution in [0.2, 0.25) is 0 Å². The molecule has 2 fully saturated rings. The molecule has 0 bridgehead atoms. The summed E-state index contributed by atoms with van der Waals surface area (Å²) < 4.78 is 15.3. The zero-order valence-electron chi connectivity index (χ0n) is 19.9. The maximum absolute atomic E-state index is 13.3. The maximum atomic E-state index is 13.3. The van der Waals surface area contributed by atoms with E-state index in [0.29, 0.717) is 37.8 Å². The molecule has 2 aliphatic rings. The molecule has 0 saturated carbocycles. The van der Waals surface area contributed by atoms with E-state index in [1.165, 1.54) is 12.1 Å². The Morgan fingerprint density at radius 2 is 1.42 bits per heavy atom. The zero-order chi connectivity index (χ0) is 24.6. The summed E-state index contributed by atoms with van der Waals surface area (Å²) >= 11 is 0. The lowest BCUT2D eigenvalue weighted by atomic mass is 10.0. The Kier molecular flexibility index (Phi) is 5.77. The number of likely N-dealkylation sites (tertiary alicyclic amines) is 1. The molecule has 2 aliphatic heterocycles. The third-order valence-electron chi connectivity index (χ3n) is 7.33. The first-order valence-electron chi connectivity index (χ1n) is 12.3. The topological polar surface area (TPSA) is 48.8 Å². The number of carbonyl (C=O) groups is 2. The minimum Gasteiger partial charge on any atom is -0.336 e. The highest BCUT2D eigenvalue weighted by molar-refractivity contribution is 5.99.